The maximum atomic E-state index is 13.8. The van der Waals surface area contributed by atoms with E-state index in [1.807, 2.05) is 0 Å². The van der Waals surface area contributed by atoms with E-state index in [1.165, 1.54) is 31.2 Å². The van der Waals surface area contributed by atoms with Gasteiger partial charge in [-0.2, -0.15) is 0 Å². The van der Waals surface area contributed by atoms with Crippen LogP contribution in [0.4, 0.5) is 4.39 Å². The molecule has 140 valence electrons. The Hall–Kier alpha value is -1.67. The molecular formula is C17H16Cl2FNO4S. The Balaban J connectivity index is 2.27. The Morgan fingerprint density at radius 2 is 1.92 bits per heavy atom. The molecule has 0 radical (unpaired) electrons. The molecule has 26 heavy (non-hydrogen) atoms. The maximum Gasteiger partial charge on any atom is 0.251 e. The van der Waals surface area contributed by atoms with Gasteiger partial charge < -0.3 is 10.4 Å². The molecule has 0 bridgehead atoms. The summed E-state index contributed by atoms with van der Waals surface area (Å²) in [5.41, 5.74) is 0.173. The van der Waals surface area contributed by atoms with Crippen molar-refractivity contribution >= 4 is 38.9 Å². The van der Waals surface area contributed by atoms with Gasteiger partial charge in [0.2, 0.25) is 0 Å². The van der Waals surface area contributed by atoms with Gasteiger partial charge in [0.25, 0.3) is 5.91 Å². The van der Waals surface area contributed by atoms with E-state index >= 15 is 0 Å². The summed E-state index contributed by atoms with van der Waals surface area (Å²) in [5, 5.41) is 11.8. The lowest BCUT2D eigenvalue weighted by atomic mass is 10.1. The third-order valence-corrected chi connectivity index (χ3v) is 6.14. The van der Waals surface area contributed by atoms with Crippen LogP contribution in [0.3, 0.4) is 0 Å². The molecule has 0 aromatic heterocycles. The van der Waals surface area contributed by atoms with Gasteiger partial charge in [0, 0.05) is 27.7 Å². The smallest absolute Gasteiger partial charge is 0.251 e. The average Bonchev–Trinajstić information content (AvgIpc) is 2.59. The standard InChI is InChI=1S/C17H16Cl2FNO4S/c1-2-26(24,25)16-4-3-12(18)5-11(16)8-21-17(23)10-6-14(19)13(9-22)15(20)7-10/h3-7,22H,2,8-9H2,1H3,(H,21,23). The van der Waals surface area contributed by atoms with Crippen molar-refractivity contribution in [3.05, 3.63) is 62.9 Å². The zero-order chi connectivity index (χ0) is 19.5. The molecule has 0 aliphatic carbocycles. The van der Waals surface area contributed by atoms with Crippen LogP contribution in [0.15, 0.2) is 35.2 Å². The number of sulfone groups is 1. The first-order valence-corrected chi connectivity index (χ1v) is 9.98. The molecular weight excluding hydrogens is 404 g/mol. The van der Waals surface area contributed by atoms with Crippen LogP contribution in [0, 0.1) is 5.82 Å². The number of hydrogen-bond acceptors (Lipinski definition) is 4. The van der Waals surface area contributed by atoms with Crippen molar-refractivity contribution in [3.63, 3.8) is 0 Å². The molecule has 0 aliphatic heterocycles. The number of benzene rings is 2. The summed E-state index contributed by atoms with van der Waals surface area (Å²) in [6.07, 6.45) is 0. The third-order valence-electron chi connectivity index (χ3n) is 3.74. The lowest BCUT2D eigenvalue weighted by Gasteiger charge is -2.12. The van der Waals surface area contributed by atoms with Gasteiger partial charge in [-0.25, -0.2) is 12.8 Å². The minimum atomic E-state index is -3.50. The number of carbonyl (C=O) groups is 1. The van der Waals surface area contributed by atoms with Crippen molar-refractivity contribution in [2.75, 3.05) is 5.75 Å². The lowest BCUT2D eigenvalue weighted by molar-refractivity contribution is 0.0950. The summed E-state index contributed by atoms with van der Waals surface area (Å²) in [6, 6.07) is 6.47. The number of amides is 1. The highest BCUT2D eigenvalue weighted by Gasteiger charge is 2.18. The monoisotopic (exact) mass is 419 g/mol. The van der Waals surface area contributed by atoms with Crippen LogP contribution in [0.2, 0.25) is 10.0 Å². The van der Waals surface area contributed by atoms with Crippen LogP contribution in [0.25, 0.3) is 0 Å². The van der Waals surface area contributed by atoms with Gasteiger partial charge in [-0.05, 0) is 35.9 Å². The summed E-state index contributed by atoms with van der Waals surface area (Å²) < 4.78 is 38.2. The zero-order valence-corrected chi connectivity index (χ0v) is 16.1. The summed E-state index contributed by atoms with van der Waals surface area (Å²) in [6.45, 7) is 0.808. The molecule has 2 aromatic carbocycles. The molecule has 0 heterocycles. The second-order valence-corrected chi connectivity index (χ2v) is 8.51. The average molecular weight is 420 g/mol. The van der Waals surface area contributed by atoms with Crippen LogP contribution in [-0.2, 0) is 23.0 Å². The van der Waals surface area contributed by atoms with E-state index in [2.05, 4.69) is 5.32 Å². The summed E-state index contributed by atoms with van der Waals surface area (Å²) in [5.74, 6) is -1.55. The number of aliphatic hydroxyl groups is 1. The van der Waals surface area contributed by atoms with Crippen molar-refractivity contribution in [2.45, 2.75) is 25.0 Å². The van der Waals surface area contributed by atoms with Crippen molar-refractivity contribution in [3.8, 4) is 0 Å². The SMILES string of the molecule is CCS(=O)(=O)c1ccc(Cl)cc1CNC(=O)c1cc(F)c(CO)c(Cl)c1. The van der Waals surface area contributed by atoms with Crippen molar-refractivity contribution in [1.29, 1.82) is 0 Å². The van der Waals surface area contributed by atoms with Crippen LogP contribution < -0.4 is 5.32 Å². The van der Waals surface area contributed by atoms with E-state index in [-0.39, 0.29) is 33.3 Å². The first kappa shape index (κ1) is 20.6. The quantitative estimate of drug-likeness (QED) is 0.751. The molecule has 5 nitrogen and oxygen atoms in total. The van der Waals surface area contributed by atoms with E-state index < -0.39 is 28.2 Å². The van der Waals surface area contributed by atoms with Crippen LogP contribution in [-0.4, -0.2) is 25.2 Å². The maximum absolute atomic E-state index is 13.8. The Bertz CT molecular complexity index is 925. The fourth-order valence-electron chi connectivity index (χ4n) is 2.31. The highest BCUT2D eigenvalue weighted by molar-refractivity contribution is 7.91. The molecule has 2 rings (SSSR count). The van der Waals surface area contributed by atoms with E-state index in [1.54, 1.807) is 0 Å². The number of aliphatic hydroxyl groups excluding tert-OH is 1. The topological polar surface area (TPSA) is 83.5 Å². The molecule has 2 N–H and O–H groups in total. The fourth-order valence-corrected chi connectivity index (χ4v) is 3.89. The molecule has 0 saturated heterocycles. The zero-order valence-electron chi connectivity index (χ0n) is 13.7. The minimum absolute atomic E-state index is 0.0494. The van der Waals surface area contributed by atoms with Gasteiger partial charge in [-0.3, -0.25) is 4.79 Å². The predicted octanol–water partition coefficient (Wildman–Crippen LogP) is 3.35. The molecule has 0 atom stereocenters. The van der Waals surface area contributed by atoms with Crippen LogP contribution in [0.1, 0.15) is 28.4 Å². The molecule has 9 heteroatoms. The molecule has 0 fully saturated rings. The fraction of sp³-hybridized carbons (Fsp3) is 0.235. The summed E-state index contributed by atoms with van der Waals surface area (Å²) >= 11 is 11.8. The molecule has 2 aromatic rings. The summed E-state index contributed by atoms with van der Waals surface area (Å²) in [7, 11) is -3.50. The molecule has 0 spiro atoms. The van der Waals surface area contributed by atoms with Gasteiger partial charge in [0.15, 0.2) is 9.84 Å². The normalized spacial score (nSPS) is 11.4. The van der Waals surface area contributed by atoms with Crippen LogP contribution >= 0.6 is 23.2 Å². The first-order valence-electron chi connectivity index (χ1n) is 7.57. The largest absolute Gasteiger partial charge is 0.392 e. The van der Waals surface area contributed by atoms with Gasteiger partial charge >= 0.3 is 0 Å². The van der Waals surface area contributed by atoms with Gasteiger partial charge in [0.1, 0.15) is 5.82 Å². The van der Waals surface area contributed by atoms with Gasteiger partial charge in [-0.15, -0.1) is 0 Å². The number of halogens is 3. The summed E-state index contributed by atoms with van der Waals surface area (Å²) in [4.78, 5) is 12.3. The molecule has 0 saturated carbocycles. The Morgan fingerprint density at radius 1 is 1.23 bits per heavy atom. The predicted molar refractivity (Wildman–Crippen MR) is 97.7 cm³/mol. The number of nitrogens with one attached hydrogen (secondary N) is 1. The second kappa shape index (κ2) is 8.35. The Labute approximate surface area is 160 Å². The molecule has 0 unspecified atom stereocenters. The van der Waals surface area contributed by atoms with Crippen molar-refractivity contribution < 1.29 is 22.7 Å². The number of hydrogen-bond donors (Lipinski definition) is 2. The number of rotatable bonds is 6. The van der Waals surface area contributed by atoms with E-state index in [4.69, 9.17) is 28.3 Å². The highest BCUT2D eigenvalue weighted by Crippen LogP contribution is 2.23. The molecule has 1 amide bonds. The number of carbonyl (C=O) groups excluding carboxylic acids is 1. The van der Waals surface area contributed by atoms with E-state index in [0.29, 0.717) is 10.6 Å². The Kier molecular flexibility index (Phi) is 6.63. The van der Waals surface area contributed by atoms with Crippen LogP contribution in [0.5, 0.6) is 0 Å². The van der Waals surface area contributed by atoms with E-state index in [0.717, 1.165) is 6.07 Å². The first-order chi connectivity index (χ1) is 12.2. The minimum Gasteiger partial charge on any atom is -0.392 e. The third kappa shape index (κ3) is 4.54. The Morgan fingerprint density at radius 3 is 2.50 bits per heavy atom. The van der Waals surface area contributed by atoms with Gasteiger partial charge in [-0.1, -0.05) is 30.1 Å². The molecule has 0 aliphatic rings. The van der Waals surface area contributed by atoms with Gasteiger partial charge in [0.05, 0.1) is 17.3 Å². The van der Waals surface area contributed by atoms with Crippen molar-refractivity contribution in [1.82, 2.24) is 5.32 Å². The highest BCUT2D eigenvalue weighted by atomic mass is 35.5. The van der Waals surface area contributed by atoms with Crippen molar-refractivity contribution in [2.24, 2.45) is 0 Å². The lowest BCUT2D eigenvalue weighted by Crippen LogP contribution is -2.24. The van der Waals surface area contributed by atoms with E-state index in [9.17, 15) is 17.6 Å². The second-order valence-electron chi connectivity index (χ2n) is 5.41.